The van der Waals surface area contributed by atoms with Crippen LogP contribution in [0.1, 0.15) is 24.2 Å². The van der Waals surface area contributed by atoms with Gasteiger partial charge in [0.25, 0.3) is 0 Å². The molecule has 1 aromatic heterocycles. The third-order valence-corrected chi connectivity index (χ3v) is 2.79. The van der Waals surface area contributed by atoms with Gasteiger partial charge in [0.1, 0.15) is 12.1 Å². The maximum atomic E-state index is 8.83. The van der Waals surface area contributed by atoms with Crippen molar-refractivity contribution in [1.29, 1.82) is 10.5 Å². The Morgan fingerprint density at radius 3 is 2.71 bits per heavy atom. The molecule has 5 heteroatoms. The quantitative estimate of drug-likeness (QED) is 0.687. The van der Waals surface area contributed by atoms with Gasteiger partial charge < -0.3 is 4.57 Å². The van der Waals surface area contributed by atoms with Gasteiger partial charge >= 0.3 is 0 Å². The van der Waals surface area contributed by atoms with Gasteiger partial charge in [-0.2, -0.15) is 10.5 Å². The van der Waals surface area contributed by atoms with Gasteiger partial charge in [0.15, 0.2) is 11.4 Å². The number of aromatic nitrogens is 2. The molecule has 0 unspecified atom stereocenters. The van der Waals surface area contributed by atoms with Crippen LogP contribution < -0.4 is 0 Å². The predicted octanol–water partition coefficient (Wildman–Crippen LogP) is 1.40. The largest absolute Gasteiger partial charge is 0.319 e. The molecule has 0 bridgehead atoms. The standard InChI is InChI=1S/C9H7ClN4/c10-9(1-2-9)5-14-6-13-7(3-11)8(14)4-12/h6H,1-2,5H2. The second-order valence-electron chi connectivity index (χ2n) is 3.44. The van der Waals surface area contributed by atoms with E-state index < -0.39 is 0 Å². The molecule has 0 aromatic carbocycles. The fraction of sp³-hybridized carbons (Fsp3) is 0.444. The lowest BCUT2D eigenvalue weighted by Gasteiger charge is -2.07. The molecule has 14 heavy (non-hydrogen) atoms. The molecule has 0 atom stereocenters. The highest BCUT2D eigenvalue weighted by atomic mass is 35.5. The van der Waals surface area contributed by atoms with Crippen LogP contribution in [0.2, 0.25) is 0 Å². The summed E-state index contributed by atoms with van der Waals surface area (Å²) in [6.07, 6.45) is 3.42. The third-order valence-electron chi connectivity index (χ3n) is 2.30. The first-order chi connectivity index (χ1) is 6.68. The van der Waals surface area contributed by atoms with E-state index in [4.69, 9.17) is 22.1 Å². The van der Waals surface area contributed by atoms with Crippen LogP contribution in [0, 0.1) is 22.7 Å². The molecule has 0 N–H and O–H groups in total. The van der Waals surface area contributed by atoms with Crippen molar-refractivity contribution in [2.75, 3.05) is 0 Å². The van der Waals surface area contributed by atoms with Gasteiger partial charge in [-0.1, -0.05) is 0 Å². The van der Waals surface area contributed by atoms with Gasteiger partial charge in [-0.3, -0.25) is 0 Å². The number of halogens is 1. The van der Waals surface area contributed by atoms with E-state index in [0.717, 1.165) is 12.8 Å². The second-order valence-corrected chi connectivity index (χ2v) is 4.25. The minimum Gasteiger partial charge on any atom is -0.319 e. The Morgan fingerprint density at radius 2 is 2.21 bits per heavy atom. The maximum Gasteiger partial charge on any atom is 0.176 e. The number of nitriles is 2. The highest BCUT2D eigenvalue weighted by Crippen LogP contribution is 2.44. The summed E-state index contributed by atoms with van der Waals surface area (Å²) in [5.74, 6) is 0. The fourth-order valence-electron chi connectivity index (χ4n) is 1.30. The minimum absolute atomic E-state index is 0.174. The van der Waals surface area contributed by atoms with E-state index in [1.54, 1.807) is 4.57 Å². The van der Waals surface area contributed by atoms with Gasteiger partial charge in [0.05, 0.1) is 11.2 Å². The van der Waals surface area contributed by atoms with Crippen LogP contribution in [-0.2, 0) is 6.54 Å². The van der Waals surface area contributed by atoms with E-state index in [1.165, 1.54) is 6.33 Å². The molecule has 1 saturated carbocycles. The van der Waals surface area contributed by atoms with Crippen molar-refractivity contribution in [1.82, 2.24) is 9.55 Å². The molecule has 0 saturated heterocycles. The van der Waals surface area contributed by atoms with Crippen molar-refractivity contribution in [2.45, 2.75) is 24.3 Å². The van der Waals surface area contributed by atoms with E-state index in [9.17, 15) is 0 Å². The molecule has 0 radical (unpaired) electrons. The Bertz CT molecular complexity index is 444. The van der Waals surface area contributed by atoms with Crippen molar-refractivity contribution in [3.05, 3.63) is 17.7 Å². The molecule has 0 spiro atoms. The summed E-state index contributed by atoms with van der Waals surface area (Å²) >= 11 is 6.12. The first-order valence-corrected chi connectivity index (χ1v) is 4.60. The normalized spacial score (nSPS) is 17.1. The van der Waals surface area contributed by atoms with Gasteiger partial charge in [0, 0.05) is 6.54 Å². The second kappa shape index (κ2) is 3.01. The molecule has 1 aromatic rings. The Labute approximate surface area is 86.3 Å². The van der Waals surface area contributed by atoms with E-state index in [2.05, 4.69) is 4.98 Å². The molecule has 1 fully saturated rings. The summed E-state index contributed by atoms with van der Waals surface area (Å²) in [6, 6.07) is 3.84. The summed E-state index contributed by atoms with van der Waals surface area (Å²) in [6.45, 7) is 0.562. The van der Waals surface area contributed by atoms with Crippen LogP contribution >= 0.6 is 11.6 Å². The third kappa shape index (κ3) is 1.45. The van der Waals surface area contributed by atoms with Gasteiger partial charge in [0.2, 0.25) is 0 Å². The molecular formula is C9H7ClN4. The minimum atomic E-state index is -0.209. The first-order valence-electron chi connectivity index (χ1n) is 4.23. The van der Waals surface area contributed by atoms with Crippen LogP contribution in [0.4, 0.5) is 0 Å². The van der Waals surface area contributed by atoms with E-state index in [1.807, 2.05) is 12.1 Å². The Hall–Kier alpha value is -1.52. The molecule has 4 nitrogen and oxygen atoms in total. The van der Waals surface area contributed by atoms with Gasteiger partial charge in [-0.15, -0.1) is 11.6 Å². The number of nitrogens with zero attached hydrogens (tertiary/aromatic N) is 4. The highest BCUT2D eigenvalue weighted by molar-refractivity contribution is 6.25. The molecule has 2 rings (SSSR count). The van der Waals surface area contributed by atoms with E-state index in [0.29, 0.717) is 12.2 Å². The average Bonchev–Trinajstić information content (AvgIpc) is 2.78. The number of hydrogen-bond donors (Lipinski definition) is 0. The molecule has 1 aliphatic carbocycles. The monoisotopic (exact) mass is 206 g/mol. The predicted molar refractivity (Wildman–Crippen MR) is 49.5 cm³/mol. The summed E-state index contributed by atoms with van der Waals surface area (Å²) < 4.78 is 1.65. The molecule has 70 valence electrons. The number of rotatable bonds is 2. The number of hydrogen-bond acceptors (Lipinski definition) is 3. The Balaban J connectivity index is 2.31. The smallest absolute Gasteiger partial charge is 0.176 e. The molecular weight excluding hydrogens is 200 g/mol. The Morgan fingerprint density at radius 1 is 1.50 bits per heavy atom. The molecule has 1 aliphatic rings. The lowest BCUT2D eigenvalue weighted by atomic mass is 10.3. The van der Waals surface area contributed by atoms with Gasteiger partial charge in [-0.05, 0) is 12.8 Å². The number of alkyl halides is 1. The topological polar surface area (TPSA) is 65.4 Å². The van der Waals surface area contributed by atoms with Crippen molar-refractivity contribution in [2.24, 2.45) is 0 Å². The van der Waals surface area contributed by atoms with Crippen LogP contribution in [0.25, 0.3) is 0 Å². The van der Waals surface area contributed by atoms with Crippen LogP contribution in [0.15, 0.2) is 6.33 Å². The zero-order chi connectivity index (χ0) is 10.2. The lowest BCUT2D eigenvalue weighted by molar-refractivity contribution is 0.646. The van der Waals surface area contributed by atoms with E-state index in [-0.39, 0.29) is 10.6 Å². The maximum absolute atomic E-state index is 8.83. The van der Waals surface area contributed by atoms with Crippen molar-refractivity contribution >= 4 is 11.6 Å². The molecule has 1 heterocycles. The number of imidazole rings is 1. The van der Waals surface area contributed by atoms with Crippen LogP contribution in [-0.4, -0.2) is 14.4 Å². The van der Waals surface area contributed by atoms with Gasteiger partial charge in [-0.25, -0.2) is 4.98 Å². The highest BCUT2D eigenvalue weighted by Gasteiger charge is 2.41. The zero-order valence-corrected chi connectivity index (χ0v) is 8.12. The average molecular weight is 207 g/mol. The van der Waals surface area contributed by atoms with Crippen molar-refractivity contribution in [3.8, 4) is 12.1 Å². The SMILES string of the molecule is N#Cc1ncn(CC2(Cl)CC2)c1C#N. The molecule has 0 amide bonds. The Kier molecular flexibility index (Phi) is 1.94. The van der Waals surface area contributed by atoms with Crippen LogP contribution in [0.3, 0.4) is 0 Å². The zero-order valence-electron chi connectivity index (χ0n) is 7.37. The van der Waals surface area contributed by atoms with Crippen molar-refractivity contribution < 1.29 is 0 Å². The van der Waals surface area contributed by atoms with Crippen LogP contribution in [0.5, 0.6) is 0 Å². The summed E-state index contributed by atoms with van der Waals surface area (Å²) in [4.78, 5) is 3.63. The summed E-state index contributed by atoms with van der Waals surface area (Å²) in [5, 5.41) is 17.5. The summed E-state index contributed by atoms with van der Waals surface area (Å²) in [5.41, 5.74) is 0.479. The van der Waals surface area contributed by atoms with E-state index >= 15 is 0 Å². The fourth-order valence-corrected chi connectivity index (χ4v) is 1.52. The first kappa shape index (κ1) is 9.05. The molecule has 0 aliphatic heterocycles. The van der Waals surface area contributed by atoms with Crippen molar-refractivity contribution in [3.63, 3.8) is 0 Å². The summed E-state index contributed by atoms with van der Waals surface area (Å²) in [7, 11) is 0. The lowest BCUT2D eigenvalue weighted by Crippen LogP contribution is -2.11.